The van der Waals surface area contributed by atoms with E-state index in [1.54, 1.807) is 0 Å². The molecule has 43 heavy (non-hydrogen) atoms. The summed E-state index contributed by atoms with van der Waals surface area (Å²) in [4.78, 5) is 17.8. The van der Waals surface area contributed by atoms with E-state index in [1.807, 2.05) is 4.90 Å². The molecule has 5 heterocycles. The first-order chi connectivity index (χ1) is 20.9. The number of nitrogens with zero attached hydrogens (tertiary/aromatic N) is 5. The molecule has 2 atom stereocenters. The van der Waals surface area contributed by atoms with Crippen molar-refractivity contribution in [3.63, 3.8) is 0 Å². The number of fused-ring (bicyclic) bond motifs is 3. The number of anilines is 1. The Morgan fingerprint density at radius 3 is 2.88 bits per heavy atom. The van der Waals surface area contributed by atoms with Crippen molar-refractivity contribution < 1.29 is 27.8 Å². The molecule has 222 valence electrons. The van der Waals surface area contributed by atoms with Crippen LogP contribution in [0.5, 0.6) is 11.8 Å². The topological polar surface area (TPSA) is 83.8 Å². The molecular weight excluding hydrogens is 559 g/mol. The number of aromatic nitrogens is 3. The molecule has 0 radical (unpaired) electrons. The molecule has 2 aromatic heterocycles. The van der Waals surface area contributed by atoms with E-state index >= 15 is 4.39 Å². The number of halogens is 3. The lowest BCUT2D eigenvalue weighted by molar-refractivity contribution is 0.107. The van der Waals surface area contributed by atoms with Crippen LogP contribution in [0.1, 0.15) is 31.2 Å². The van der Waals surface area contributed by atoms with Crippen LogP contribution in [-0.4, -0.2) is 82.7 Å². The minimum atomic E-state index is -0.921. The zero-order chi connectivity index (χ0) is 29.7. The highest BCUT2D eigenvalue weighted by Gasteiger charge is 2.49. The summed E-state index contributed by atoms with van der Waals surface area (Å²) in [6.07, 6.45) is 9.09. The summed E-state index contributed by atoms with van der Waals surface area (Å²) in [5.41, 5.74) is -0.559. The molecule has 0 amide bonds. The molecule has 0 bridgehead atoms. The highest BCUT2D eigenvalue weighted by atomic mass is 19.1. The van der Waals surface area contributed by atoms with Crippen molar-refractivity contribution in [1.29, 1.82) is 0 Å². The number of rotatable bonds is 5. The summed E-state index contributed by atoms with van der Waals surface area (Å²) in [6.45, 7) is 3.59. The molecule has 1 unspecified atom stereocenters. The van der Waals surface area contributed by atoms with Crippen LogP contribution in [0.4, 0.5) is 19.0 Å². The van der Waals surface area contributed by atoms with E-state index < -0.39 is 23.3 Å². The molecule has 11 heteroatoms. The molecule has 0 saturated carbocycles. The molecule has 4 aromatic rings. The molecule has 1 N–H and O–H groups in total. The van der Waals surface area contributed by atoms with Gasteiger partial charge < -0.3 is 19.5 Å². The van der Waals surface area contributed by atoms with Crippen molar-refractivity contribution in [2.24, 2.45) is 0 Å². The van der Waals surface area contributed by atoms with Crippen molar-refractivity contribution in [2.45, 2.75) is 37.4 Å². The van der Waals surface area contributed by atoms with Gasteiger partial charge in [-0.1, -0.05) is 12.0 Å². The van der Waals surface area contributed by atoms with Crippen LogP contribution in [0.2, 0.25) is 0 Å². The quantitative estimate of drug-likeness (QED) is 0.326. The number of pyridine rings is 1. The van der Waals surface area contributed by atoms with Crippen LogP contribution in [0.15, 0.2) is 30.5 Å². The Hall–Kier alpha value is -4.14. The molecule has 7 rings (SSSR count). The molecule has 0 spiro atoms. The van der Waals surface area contributed by atoms with E-state index in [4.69, 9.17) is 20.9 Å². The van der Waals surface area contributed by atoms with Gasteiger partial charge in [0.1, 0.15) is 41.4 Å². The molecule has 2 aromatic carbocycles. The van der Waals surface area contributed by atoms with Gasteiger partial charge in [0.15, 0.2) is 5.82 Å². The second-order valence-electron chi connectivity index (χ2n) is 11.5. The van der Waals surface area contributed by atoms with E-state index in [1.165, 1.54) is 30.5 Å². The van der Waals surface area contributed by atoms with Gasteiger partial charge in [0, 0.05) is 49.8 Å². The smallest absolute Gasteiger partial charge is 0.319 e. The number of benzene rings is 2. The van der Waals surface area contributed by atoms with Crippen molar-refractivity contribution in [1.82, 2.24) is 19.9 Å². The second-order valence-corrected chi connectivity index (χ2v) is 11.5. The third-order valence-corrected chi connectivity index (χ3v) is 8.85. The minimum absolute atomic E-state index is 0.0247. The summed E-state index contributed by atoms with van der Waals surface area (Å²) >= 11 is 0. The van der Waals surface area contributed by atoms with E-state index in [2.05, 4.69) is 20.8 Å². The number of phenolic OH excluding ortho intramolecular Hbond substituents is 1. The molecule has 3 aliphatic rings. The molecule has 3 aliphatic heterocycles. The Kier molecular flexibility index (Phi) is 6.98. The Morgan fingerprint density at radius 1 is 1.14 bits per heavy atom. The van der Waals surface area contributed by atoms with Gasteiger partial charge in [-0.15, -0.1) is 6.42 Å². The fraction of sp³-hybridized carbons (Fsp3) is 0.406. The zero-order valence-electron chi connectivity index (χ0n) is 23.5. The summed E-state index contributed by atoms with van der Waals surface area (Å²) in [6, 6.07) is 5.40. The average Bonchev–Trinajstić information content (AvgIpc) is 3.37. The zero-order valence-corrected chi connectivity index (χ0v) is 23.5. The maximum Gasteiger partial charge on any atom is 0.319 e. The van der Waals surface area contributed by atoms with Gasteiger partial charge in [-0.2, -0.15) is 9.97 Å². The number of alkyl halides is 1. The largest absolute Gasteiger partial charge is 0.508 e. The van der Waals surface area contributed by atoms with E-state index in [0.717, 1.165) is 25.8 Å². The van der Waals surface area contributed by atoms with Crippen molar-refractivity contribution in [3.05, 3.63) is 47.7 Å². The van der Waals surface area contributed by atoms with Crippen LogP contribution < -0.4 is 9.64 Å². The SMILES string of the molecule is C#Cc1c(F)ccc2cc(O)cc(-c3ncc4c(N5CCCOCC5)nc(OCC56CCCN5C[C@H](F)C6)nc4c3F)c12. The van der Waals surface area contributed by atoms with Crippen LogP contribution in [0.3, 0.4) is 0 Å². The van der Waals surface area contributed by atoms with Crippen LogP contribution >= 0.6 is 0 Å². The molecule has 0 aliphatic carbocycles. The monoisotopic (exact) mass is 589 g/mol. The number of hydrogen-bond acceptors (Lipinski definition) is 8. The van der Waals surface area contributed by atoms with Gasteiger partial charge in [-0.3, -0.25) is 9.88 Å². The van der Waals surface area contributed by atoms with Crippen LogP contribution in [0.25, 0.3) is 32.9 Å². The second kappa shape index (κ2) is 10.8. The van der Waals surface area contributed by atoms with Gasteiger partial charge in [0.05, 0.1) is 23.1 Å². The first-order valence-electron chi connectivity index (χ1n) is 14.5. The van der Waals surface area contributed by atoms with Gasteiger partial charge >= 0.3 is 6.01 Å². The normalized spacial score (nSPS) is 22.6. The lowest BCUT2D eigenvalue weighted by Gasteiger charge is -2.31. The number of aromatic hydroxyl groups is 1. The molecule has 8 nitrogen and oxygen atoms in total. The predicted octanol–water partition coefficient (Wildman–Crippen LogP) is 4.99. The fourth-order valence-corrected chi connectivity index (χ4v) is 6.87. The Bertz CT molecular complexity index is 1770. The van der Waals surface area contributed by atoms with Gasteiger partial charge in [-0.05, 0) is 49.4 Å². The maximum absolute atomic E-state index is 16.6. The third-order valence-electron chi connectivity index (χ3n) is 8.85. The summed E-state index contributed by atoms with van der Waals surface area (Å²) in [7, 11) is 0. The fourth-order valence-electron chi connectivity index (χ4n) is 6.87. The minimum Gasteiger partial charge on any atom is -0.508 e. The summed E-state index contributed by atoms with van der Waals surface area (Å²) in [5.74, 6) is 1.22. The Balaban J connectivity index is 1.38. The average molecular weight is 590 g/mol. The van der Waals surface area contributed by atoms with Crippen LogP contribution in [0, 0.1) is 24.0 Å². The first kappa shape index (κ1) is 27.7. The van der Waals surface area contributed by atoms with E-state index in [-0.39, 0.29) is 46.1 Å². The van der Waals surface area contributed by atoms with Crippen molar-refractivity contribution in [3.8, 4) is 35.4 Å². The standard InChI is InChI=1S/C32H30F3N5O3/c1-2-22-25(34)6-5-19-13-21(41)14-23(26(19)22)28-27(35)29-24(16-36-28)30(39-8-4-11-42-12-10-39)38-31(37-29)43-18-32-7-3-9-40(32)17-20(33)15-32/h1,5-6,13-14,16,20,41H,3-4,7-12,15,17-18H2/t20-,32?/m1/s1. The predicted molar refractivity (Wildman–Crippen MR) is 156 cm³/mol. The van der Waals surface area contributed by atoms with Gasteiger partial charge in [0.25, 0.3) is 0 Å². The highest BCUT2D eigenvalue weighted by Crippen LogP contribution is 2.41. The molecular formula is C32H30F3N5O3. The number of hydrogen-bond donors (Lipinski definition) is 1. The highest BCUT2D eigenvalue weighted by molar-refractivity contribution is 6.03. The molecule has 3 fully saturated rings. The lowest BCUT2D eigenvalue weighted by Crippen LogP contribution is -2.43. The number of phenols is 1. The van der Waals surface area contributed by atoms with E-state index in [9.17, 15) is 13.9 Å². The molecule has 3 saturated heterocycles. The first-order valence-corrected chi connectivity index (χ1v) is 14.5. The van der Waals surface area contributed by atoms with Crippen molar-refractivity contribution in [2.75, 3.05) is 50.9 Å². The lowest BCUT2D eigenvalue weighted by atomic mass is 9.95. The van der Waals surface area contributed by atoms with Gasteiger partial charge in [-0.25, -0.2) is 13.2 Å². The number of ether oxygens (including phenoxy) is 2. The Morgan fingerprint density at radius 2 is 2.02 bits per heavy atom. The summed E-state index contributed by atoms with van der Waals surface area (Å²) < 4.78 is 57.6. The maximum atomic E-state index is 16.6. The van der Waals surface area contributed by atoms with Crippen LogP contribution in [-0.2, 0) is 4.74 Å². The van der Waals surface area contributed by atoms with E-state index in [0.29, 0.717) is 55.9 Å². The van der Waals surface area contributed by atoms with Crippen molar-refractivity contribution >= 4 is 27.5 Å². The summed E-state index contributed by atoms with van der Waals surface area (Å²) in [5, 5.41) is 11.5. The van der Waals surface area contributed by atoms with Gasteiger partial charge in [0.2, 0.25) is 0 Å². The Labute approximate surface area is 246 Å². The number of terminal acetylenes is 1. The third kappa shape index (κ3) is 4.79.